The Bertz CT molecular complexity index is 1040. The van der Waals surface area contributed by atoms with Gasteiger partial charge in [0.25, 0.3) is 0 Å². The highest BCUT2D eigenvalue weighted by Gasteiger charge is 2.34. The van der Waals surface area contributed by atoms with E-state index >= 15 is 0 Å². The maximum absolute atomic E-state index is 13.1. The highest BCUT2D eigenvalue weighted by atomic mass is 32.2. The van der Waals surface area contributed by atoms with E-state index in [9.17, 15) is 13.2 Å². The van der Waals surface area contributed by atoms with Gasteiger partial charge in [-0.25, -0.2) is 8.42 Å². The number of sulfonamides is 1. The largest absolute Gasteiger partial charge is 0.497 e. The highest BCUT2D eigenvalue weighted by molar-refractivity contribution is 7.89. The van der Waals surface area contributed by atoms with Gasteiger partial charge in [-0.3, -0.25) is 4.79 Å². The summed E-state index contributed by atoms with van der Waals surface area (Å²) in [5.41, 5.74) is 0.900. The number of nitrogens with zero attached hydrogens (tertiary/aromatic N) is 2. The summed E-state index contributed by atoms with van der Waals surface area (Å²) in [5.74, 6) is 1.35. The van der Waals surface area contributed by atoms with Crippen LogP contribution in [0.1, 0.15) is 18.4 Å². The summed E-state index contributed by atoms with van der Waals surface area (Å²) >= 11 is 0. The third-order valence-corrected chi connectivity index (χ3v) is 7.55. The van der Waals surface area contributed by atoms with Gasteiger partial charge in [0, 0.05) is 26.7 Å². The molecule has 9 heteroatoms. The van der Waals surface area contributed by atoms with Gasteiger partial charge < -0.3 is 19.1 Å². The zero-order chi connectivity index (χ0) is 23.3. The molecule has 174 valence electrons. The first-order valence-electron chi connectivity index (χ1n) is 10.4. The number of carbonyl (C=O) groups excluding carboxylic acids is 1. The molecule has 0 N–H and O–H groups in total. The third kappa shape index (κ3) is 5.16. The van der Waals surface area contributed by atoms with Crippen molar-refractivity contribution >= 4 is 15.9 Å². The molecule has 1 aliphatic heterocycles. The molecule has 1 aliphatic rings. The van der Waals surface area contributed by atoms with E-state index in [4.69, 9.17) is 14.2 Å². The van der Waals surface area contributed by atoms with Crippen molar-refractivity contribution in [3.05, 3.63) is 48.0 Å². The summed E-state index contributed by atoms with van der Waals surface area (Å²) in [6.07, 6.45) is 1.29. The number of hydrogen-bond acceptors (Lipinski definition) is 6. The van der Waals surface area contributed by atoms with Crippen LogP contribution in [-0.4, -0.2) is 65.0 Å². The standard InChI is InChI=1S/C23H30N2O6S/c1-24(15-17-7-12-21(30-3)22(14-17)31-4)23(26)18-6-5-13-25(16-18)32(27,28)20-10-8-19(29-2)9-11-20/h7-12,14,18H,5-6,13,15-16H2,1-4H3/t18-/m0/s1. The SMILES string of the molecule is COc1ccc(S(=O)(=O)N2CCC[C@H](C(=O)N(C)Cc3ccc(OC)c(OC)c3)C2)cc1. The number of methoxy groups -OCH3 is 3. The number of amides is 1. The number of piperidine rings is 1. The Kier molecular flexibility index (Phi) is 7.63. The molecule has 0 radical (unpaired) electrons. The lowest BCUT2D eigenvalue weighted by Crippen LogP contribution is -2.45. The first kappa shape index (κ1) is 23.9. The van der Waals surface area contributed by atoms with Crippen molar-refractivity contribution in [1.82, 2.24) is 9.21 Å². The molecule has 32 heavy (non-hydrogen) atoms. The predicted octanol–water partition coefficient (Wildman–Crippen LogP) is 2.77. The second kappa shape index (κ2) is 10.2. The third-order valence-electron chi connectivity index (χ3n) is 5.67. The van der Waals surface area contributed by atoms with Gasteiger partial charge in [-0.15, -0.1) is 0 Å². The van der Waals surface area contributed by atoms with Crippen LogP contribution in [0.2, 0.25) is 0 Å². The smallest absolute Gasteiger partial charge is 0.243 e. The average molecular weight is 463 g/mol. The van der Waals surface area contributed by atoms with Crippen molar-refractivity contribution in [3.8, 4) is 17.2 Å². The molecule has 1 amide bonds. The van der Waals surface area contributed by atoms with Crippen LogP contribution in [0.25, 0.3) is 0 Å². The topological polar surface area (TPSA) is 85.4 Å². The summed E-state index contributed by atoms with van der Waals surface area (Å²) in [6.45, 7) is 0.960. The van der Waals surface area contributed by atoms with Gasteiger partial charge in [0.05, 0.1) is 32.1 Å². The Morgan fingerprint density at radius 2 is 1.72 bits per heavy atom. The van der Waals surface area contributed by atoms with Gasteiger partial charge in [0.15, 0.2) is 11.5 Å². The second-order valence-corrected chi connectivity index (χ2v) is 9.70. The fraction of sp³-hybridized carbons (Fsp3) is 0.435. The molecule has 1 saturated heterocycles. The minimum absolute atomic E-state index is 0.0746. The van der Waals surface area contributed by atoms with Crippen LogP contribution in [0.3, 0.4) is 0 Å². The van der Waals surface area contributed by atoms with Crippen LogP contribution in [0.4, 0.5) is 0 Å². The van der Waals surface area contributed by atoms with E-state index in [0.29, 0.717) is 43.2 Å². The molecular formula is C23H30N2O6S. The van der Waals surface area contributed by atoms with E-state index in [2.05, 4.69) is 0 Å². The average Bonchev–Trinajstić information content (AvgIpc) is 2.83. The number of carbonyl (C=O) groups is 1. The van der Waals surface area contributed by atoms with Gasteiger partial charge in [-0.1, -0.05) is 6.07 Å². The molecular weight excluding hydrogens is 432 g/mol. The van der Waals surface area contributed by atoms with Crippen molar-refractivity contribution < 1.29 is 27.4 Å². The van der Waals surface area contributed by atoms with Crippen LogP contribution in [0.5, 0.6) is 17.2 Å². The van der Waals surface area contributed by atoms with Crippen molar-refractivity contribution in [2.24, 2.45) is 5.92 Å². The Balaban J connectivity index is 1.69. The molecule has 8 nitrogen and oxygen atoms in total. The molecule has 0 aromatic heterocycles. The van der Waals surface area contributed by atoms with Crippen LogP contribution < -0.4 is 14.2 Å². The number of ether oxygens (including phenoxy) is 3. The Morgan fingerprint density at radius 3 is 2.34 bits per heavy atom. The predicted molar refractivity (Wildman–Crippen MR) is 120 cm³/mol. The van der Waals surface area contributed by atoms with Crippen LogP contribution >= 0.6 is 0 Å². The van der Waals surface area contributed by atoms with Gasteiger partial charge in [-0.05, 0) is 54.8 Å². The van der Waals surface area contributed by atoms with E-state index in [1.54, 1.807) is 44.4 Å². The first-order chi connectivity index (χ1) is 15.3. The summed E-state index contributed by atoms with van der Waals surface area (Å²) in [5, 5.41) is 0. The Hall–Kier alpha value is -2.78. The fourth-order valence-electron chi connectivity index (χ4n) is 3.90. The summed E-state index contributed by atoms with van der Waals surface area (Å²) in [7, 11) is 2.72. The maximum Gasteiger partial charge on any atom is 0.243 e. The zero-order valence-corrected chi connectivity index (χ0v) is 19.7. The number of benzene rings is 2. The Morgan fingerprint density at radius 1 is 1.03 bits per heavy atom. The van der Waals surface area contributed by atoms with E-state index < -0.39 is 10.0 Å². The monoisotopic (exact) mass is 462 g/mol. The Labute approximate surface area is 189 Å². The van der Waals surface area contributed by atoms with Crippen LogP contribution in [0, 0.1) is 5.92 Å². The quantitative estimate of drug-likeness (QED) is 0.600. The van der Waals surface area contributed by atoms with Crippen molar-refractivity contribution in [2.75, 3.05) is 41.5 Å². The second-order valence-electron chi connectivity index (χ2n) is 7.76. The van der Waals surface area contributed by atoms with E-state index in [0.717, 1.165) is 5.56 Å². The fourth-order valence-corrected chi connectivity index (χ4v) is 5.43. The summed E-state index contributed by atoms with van der Waals surface area (Å²) in [6, 6.07) is 11.8. The van der Waals surface area contributed by atoms with Gasteiger partial charge in [0.1, 0.15) is 5.75 Å². The number of hydrogen-bond donors (Lipinski definition) is 0. The lowest BCUT2D eigenvalue weighted by molar-refractivity contribution is -0.135. The molecule has 3 rings (SSSR count). The zero-order valence-electron chi connectivity index (χ0n) is 18.9. The molecule has 1 heterocycles. The van der Waals surface area contributed by atoms with Crippen molar-refractivity contribution in [3.63, 3.8) is 0 Å². The van der Waals surface area contributed by atoms with Crippen LogP contribution in [-0.2, 0) is 21.4 Å². The summed E-state index contributed by atoms with van der Waals surface area (Å²) < 4.78 is 43.3. The molecule has 0 unspecified atom stereocenters. The molecule has 0 saturated carbocycles. The molecule has 0 bridgehead atoms. The molecule has 2 aromatic carbocycles. The van der Waals surface area contributed by atoms with Crippen molar-refractivity contribution in [2.45, 2.75) is 24.3 Å². The van der Waals surface area contributed by atoms with Gasteiger partial charge in [0.2, 0.25) is 15.9 Å². The van der Waals surface area contributed by atoms with Crippen LogP contribution in [0.15, 0.2) is 47.4 Å². The summed E-state index contributed by atoms with van der Waals surface area (Å²) in [4.78, 5) is 14.9. The van der Waals surface area contributed by atoms with Crippen molar-refractivity contribution in [1.29, 1.82) is 0 Å². The normalized spacial score (nSPS) is 16.9. The number of rotatable bonds is 8. The molecule has 0 spiro atoms. The lowest BCUT2D eigenvalue weighted by atomic mass is 9.98. The van der Waals surface area contributed by atoms with E-state index in [1.165, 1.54) is 23.5 Å². The minimum Gasteiger partial charge on any atom is -0.497 e. The minimum atomic E-state index is -3.68. The lowest BCUT2D eigenvalue weighted by Gasteiger charge is -2.33. The van der Waals surface area contributed by atoms with Gasteiger partial charge in [-0.2, -0.15) is 4.31 Å². The van der Waals surface area contributed by atoms with E-state index in [-0.39, 0.29) is 23.3 Å². The first-order valence-corrected chi connectivity index (χ1v) is 11.8. The molecule has 1 fully saturated rings. The van der Waals surface area contributed by atoms with E-state index in [1.807, 2.05) is 12.1 Å². The van der Waals surface area contributed by atoms with Gasteiger partial charge >= 0.3 is 0 Å². The highest BCUT2D eigenvalue weighted by Crippen LogP contribution is 2.29. The molecule has 2 aromatic rings. The maximum atomic E-state index is 13.1. The molecule has 1 atom stereocenters. The molecule has 0 aliphatic carbocycles.